The van der Waals surface area contributed by atoms with E-state index < -0.39 is 13.2 Å². The van der Waals surface area contributed by atoms with Gasteiger partial charge in [0.2, 0.25) is 0 Å². The number of nitro groups is 1. The van der Waals surface area contributed by atoms with E-state index in [-0.39, 0.29) is 30.5 Å². The molecule has 87 valence electrons. The minimum atomic E-state index is -2.87. The second-order valence-electron chi connectivity index (χ2n) is 1.85. The Kier molecular flexibility index (Phi) is 14.9. The molecular weight excluding hydrogens is 268 g/mol. The van der Waals surface area contributed by atoms with Gasteiger partial charge in [0, 0.05) is 12.1 Å². The first-order valence-electron chi connectivity index (χ1n) is 3.08. The number of rotatable bonds is 1. The summed E-state index contributed by atoms with van der Waals surface area (Å²) >= 11 is 0. The number of benzene rings is 1. The van der Waals surface area contributed by atoms with E-state index in [0.717, 1.165) is 0 Å². The van der Waals surface area contributed by atoms with Crippen LogP contribution in [0.5, 0.6) is 0 Å². The maximum absolute atomic E-state index is 10.0. The average Bonchev–Trinajstić information content (AvgIpc) is 2.05. The molecule has 0 spiro atoms. The third-order valence-corrected chi connectivity index (χ3v) is 0.967. The van der Waals surface area contributed by atoms with Crippen molar-refractivity contribution in [3.8, 4) is 0 Å². The van der Waals surface area contributed by atoms with Crippen molar-refractivity contribution in [2.75, 3.05) is 0 Å². The maximum Gasteiger partial charge on any atom is 0.363 e. The van der Waals surface area contributed by atoms with Gasteiger partial charge in [-0.15, -0.1) is 24.8 Å². The van der Waals surface area contributed by atoms with Crippen molar-refractivity contribution in [2.45, 2.75) is 0 Å². The molecule has 0 fully saturated rings. The normalized spacial score (nSPS) is 7.07. The zero-order valence-electron chi connectivity index (χ0n) is 7.22. The lowest BCUT2D eigenvalue weighted by Gasteiger charge is -1.85. The number of non-ortho nitro benzene ring substituents is 1. The summed E-state index contributed by atoms with van der Waals surface area (Å²) in [5.74, 6) is 0. The monoisotopic (exact) mass is 276 g/mol. The summed E-state index contributed by atoms with van der Waals surface area (Å²) in [6.45, 7) is 0. The third kappa shape index (κ3) is 13.2. The van der Waals surface area contributed by atoms with Crippen molar-refractivity contribution < 1.29 is 19.3 Å². The van der Waals surface area contributed by atoms with Gasteiger partial charge in [-0.3, -0.25) is 19.9 Å². The molecule has 0 aromatic heterocycles. The van der Waals surface area contributed by atoms with Gasteiger partial charge < -0.3 is 0 Å². The number of hydrogen-bond donors (Lipinski definition) is 2. The predicted octanol–water partition coefficient (Wildman–Crippen LogP) is 2.07. The van der Waals surface area contributed by atoms with E-state index in [1.54, 1.807) is 18.2 Å². The van der Waals surface area contributed by atoms with Crippen LogP contribution >= 0.6 is 33.1 Å². The molecule has 0 saturated carbocycles. The van der Waals surface area contributed by atoms with Gasteiger partial charge >= 0.3 is 8.25 Å². The van der Waals surface area contributed by atoms with E-state index >= 15 is 0 Å². The highest BCUT2D eigenvalue weighted by atomic mass is 35.5. The smallest absolute Gasteiger partial charge is 0.298 e. The summed E-state index contributed by atoms with van der Waals surface area (Å²) in [6, 6.07) is 7.93. The quantitative estimate of drug-likeness (QED) is 0.465. The van der Waals surface area contributed by atoms with Gasteiger partial charge in [0.15, 0.2) is 0 Å². The van der Waals surface area contributed by atoms with Crippen LogP contribution < -0.4 is 0 Å². The summed E-state index contributed by atoms with van der Waals surface area (Å²) < 4.78 is 8.70. The van der Waals surface area contributed by atoms with Crippen molar-refractivity contribution in [3.63, 3.8) is 0 Å². The molecule has 0 heterocycles. The minimum Gasteiger partial charge on any atom is -0.298 e. The molecule has 0 aliphatic rings. The van der Waals surface area contributed by atoms with Crippen LogP contribution in [-0.2, 0) is 4.57 Å². The van der Waals surface area contributed by atoms with E-state index in [1.807, 2.05) is 0 Å². The number of hydrogen-bond acceptors (Lipinski definition) is 3. The van der Waals surface area contributed by atoms with Gasteiger partial charge in [-0.25, -0.2) is 4.57 Å². The Morgan fingerprint density at radius 1 is 1.13 bits per heavy atom. The average molecular weight is 277 g/mol. The van der Waals surface area contributed by atoms with E-state index in [9.17, 15) is 10.1 Å². The highest BCUT2D eigenvalue weighted by molar-refractivity contribution is 7.30. The standard InChI is InChI=1S/C6H5NO2.2ClH.H2O3P/c8-7(9)6-4-2-1-3-5-6;;;1-4(2)3/h1-5H;2*1H;(H2,1,2,3). The van der Waals surface area contributed by atoms with Crippen LogP contribution in [0.4, 0.5) is 5.69 Å². The lowest BCUT2D eigenvalue weighted by Crippen LogP contribution is -1.84. The molecule has 0 amide bonds. The van der Waals surface area contributed by atoms with E-state index in [4.69, 9.17) is 14.4 Å². The summed E-state index contributed by atoms with van der Waals surface area (Å²) in [6.07, 6.45) is 0. The fraction of sp³-hybridized carbons (Fsp3) is 0. The summed E-state index contributed by atoms with van der Waals surface area (Å²) in [7, 11) is -2.87. The van der Waals surface area contributed by atoms with Crippen LogP contribution in [0, 0.1) is 10.1 Å². The van der Waals surface area contributed by atoms with Gasteiger partial charge in [0.1, 0.15) is 0 Å². The van der Waals surface area contributed by atoms with Crippen LogP contribution in [0.1, 0.15) is 0 Å². The highest BCUT2D eigenvalue weighted by Gasteiger charge is 1.98. The van der Waals surface area contributed by atoms with E-state index in [2.05, 4.69) is 0 Å². The SMILES string of the molecule is Cl.Cl.O=[N+]([O-])c1ccccc1.O=[P](O)O. The summed E-state index contributed by atoms with van der Waals surface area (Å²) in [5, 5.41) is 10.0. The molecular formula is C6H9Cl2NO5P. The van der Waals surface area contributed by atoms with E-state index in [0.29, 0.717) is 0 Å². The Labute approximate surface area is 98.9 Å². The Morgan fingerprint density at radius 2 is 1.47 bits per heavy atom. The first kappa shape index (κ1) is 19.7. The molecule has 0 saturated heterocycles. The highest BCUT2D eigenvalue weighted by Crippen LogP contribution is 2.06. The number of nitrogens with zero attached hydrogens (tertiary/aromatic N) is 1. The fourth-order valence-corrected chi connectivity index (χ4v) is 0.550. The fourth-order valence-electron chi connectivity index (χ4n) is 0.550. The van der Waals surface area contributed by atoms with Crippen LogP contribution in [-0.4, -0.2) is 14.7 Å². The Balaban J connectivity index is -0.000000213. The molecule has 15 heavy (non-hydrogen) atoms. The van der Waals surface area contributed by atoms with Gasteiger partial charge in [0.05, 0.1) is 4.92 Å². The first-order chi connectivity index (χ1) is 6.04. The van der Waals surface area contributed by atoms with Crippen molar-refractivity contribution in [3.05, 3.63) is 40.4 Å². The van der Waals surface area contributed by atoms with Crippen molar-refractivity contribution in [2.24, 2.45) is 0 Å². The van der Waals surface area contributed by atoms with Crippen LogP contribution in [0.3, 0.4) is 0 Å². The van der Waals surface area contributed by atoms with Gasteiger partial charge in [-0.2, -0.15) is 0 Å². The molecule has 1 aromatic rings. The Morgan fingerprint density at radius 3 is 1.67 bits per heavy atom. The Bertz CT molecular complexity index is 293. The lowest BCUT2D eigenvalue weighted by atomic mass is 10.3. The van der Waals surface area contributed by atoms with E-state index in [1.165, 1.54) is 12.1 Å². The van der Waals surface area contributed by atoms with Crippen LogP contribution in [0.2, 0.25) is 0 Å². The number of nitro benzene ring substituents is 1. The second kappa shape index (κ2) is 11.3. The molecule has 6 nitrogen and oxygen atoms in total. The molecule has 1 aromatic carbocycles. The molecule has 0 aliphatic heterocycles. The van der Waals surface area contributed by atoms with Gasteiger partial charge in [0.25, 0.3) is 5.69 Å². The first-order valence-corrected chi connectivity index (χ1v) is 4.25. The molecule has 0 atom stereocenters. The Hall–Kier alpha value is -0.780. The molecule has 1 rings (SSSR count). The zero-order chi connectivity index (χ0) is 10.3. The lowest BCUT2D eigenvalue weighted by molar-refractivity contribution is -0.384. The zero-order valence-corrected chi connectivity index (χ0v) is 9.74. The number of halogens is 2. The topological polar surface area (TPSA) is 101 Å². The van der Waals surface area contributed by atoms with Crippen LogP contribution in [0.25, 0.3) is 0 Å². The predicted molar refractivity (Wildman–Crippen MR) is 59.6 cm³/mol. The van der Waals surface area contributed by atoms with Crippen LogP contribution in [0.15, 0.2) is 30.3 Å². The van der Waals surface area contributed by atoms with Crippen molar-refractivity contribution in [1.82, 2.24) is 0 Å². The number of para-hydroxylation sites is 1. The summed E-state index contributed by atoms with van der Waals surface area (Å²) in [5.41, 5.74) is 0.137. The largest absolute Gasteiger partial charge is 0.363 e. The maximum atomic E-state index is 10.0. The molecule has 0 unspecified atom stereocenters. The minimum absolute atomic E-state index is 0. The summed E-state index contributed by atoms with van der Waals surface area (Å²) in [4.78, 5) is 23.8. The molecule has 0 bridgehead atoms. The third-order valence-electron chi connectivity index (χ3n) is 0.967. The molecule has 1 radical (unpaired) electrons. The van der Waals surface area contributed by atoms with Crippen molar-refractivity contribution in [1.29, 1.82) is 0 Å². The van der Waals surface area contributed by atoms with Gasteiger partial charge in [-0.1, -0.05) is 18.2 Å². The second-order valence-corrected chi connectivity index (χ2v) is 2.35. The van der Waals surface area contributed by atoms with Gasteiger partial charge in [-0.05, 0) is 0 Å². The van der Waals surface area contributed by atoms with Crippen molar-refractivity contribution >= 4 is 38.8 Å². The molecule has 0 aliphatic carbocycles. The molecule has 2 N–H and O–H groups in total. The molecule has 9 heteroatoms.